The van der Waals surface area contributed by atoms with Crippen molar-refractivity contribution in [2.24, 2.45) is 0 Å². The molecule has 0 radical (unpaired) electrons. The van der Waals surface area contributed by atoms with Gasteiger partial charge in [0.25, 0.3) is 0 Å². The van der Waals surface area contributed by atoms with Crippen molar-refractivity contribution in [2.75, 3.05) is 7.11 Å². The summed E-state index contributed by atoms with van der Waals surface area (Å²) in [5, 5.41) is 0. The number of ketones is 1. The molecule has 1 unspecified atom stereocenters. The summed E-state index contributed by atoms with van der Waals surface area (Å²) >= 11 is 0. The van der Waals surface area contributed by atoms with E-state index in [4.69, 9.17) is 4.74 Å². The first-order chi connectivity index (χ1) is 5.70. The second-order valence-electron chi connectivity index (χ2n) is 2.89. The Labute approximate surface area is 74.6 Å². The van der Waals surface area contributed by atoms with Crippen LogP contribution < -0.4 is 0 Å². The first kappa shape index (κ1) is 11.4. The van der Waals surface area contributed by atoms with Crippen molar-refractivity contribution in [1.29, 1.82) is 0 Å². The molecule has 12 heavy (non-hydrogen) atoms. The Kier molecular flexibility index (Phi) is 6.67. The molecule has 1 atom stereocenters. The van der Waals surface area contributed by atoms with E-state index in [2.05, 4.69) is 6.92 Å². The van der Waals surface area contributed by atoms with Crippen LogP contribution in [0, 0.1) is 0 Å². The van der Waals surface area contributed by atoms with Gasteiger partial charge in [-0.05, 0) is 19.4 Å². The standard InChI is InChI=1S/C10H18O2/c1-4-5-6-10(12-3)8-7-9(2)11/h7-8,10H,4-6H2,1-3H3/b8-7+. The third-order valence-electron chi connectivity index (χ3n) is 1.69. The normalized spacial score (nSPS) is 13.6. The summed E-state index contributed by atoms with van der Waals surface area (Å²) in [5.74, 6) is 0.0774. The number of carbonyl (C=O) groups is 1. The van der Waals surface area contributed by atoms with Crippen LogP contribution in [0.3, 0.4) is 0 Å². The Hall–Kier alpha value is -0.630. The van der Waals surface area contributed by atoms with Crippen LogP contribution in [0.25, 0.3) is 0 Å². The Bertz CT molecular complexity index is 150. The van der Waals surface area contributed by atoms with E-state index in [0.717, 1.165) is 19.3 Å². The summed E-state index contributed by atoms with van der Waals surface area (Å²) in [6.45, 7) is 3.68. The van der Waals surface area contributed by atoms with E-state index in [1.807, 2.05) is 6.08 Å². The monoisotopic (exact) mass is 170 g/mol. The van der Waals surface area contributed by atoms with Gasteiger partial charge in [-0.3, -0.25) is 4.79 Å². The molecule has 0 N–H and O–H groups in total. The van der Waals surface area contributed by atoms with E-state index in [1.165, 1.54) is 0 Å². The minimum absolute atomic E-state index is 0.0774. The zero-order chi connectivity index (χ0) is 9.40. The van der Waals surface area contributed by atoms with Crippen molar-refractivity contribution in [3.8, 4) is 0 Å². The zero-order valence-corrected chi connectivity index (χ0v) is 8.17. The molecule has 0 aliphatic rings. The molecule has 70 valence electrons. The largest absolute Gasteiger partial charge is 0.377 e. The molecule has 0 aromatic rings. The van der Waals surface area contributed by atoms with Crippen molar-refractivity contribution >= 4 is 5.78 Å². The van der Waals surface area contributed by atoms with Gasteiger partial charge in [0.15, 0.2) is 5.78 Å². The summed E-state index contributed by atoms with van der Waals surface area (Å²) in [7, 11) is 1.67. The smallest absolute Gasteiger partial charge is 0.152 e. The van der Waals surface area contributed by atoms with Gasteiger partial charge in [-0.1, -0.05) is 25.8 Å². The third kappa shape index (κ3) is 6.10. The van der Waals surface area contributed by atoms with Crippen LogP contribution in [-0.2, 0) is 9.53 Å². The molecule has 0 aromatic carbocycles. The van der Waals surface area contributed by atoms with E-state index < -0.39 is 0 Å². The van der Waals surface area contributed by atoms with E-state index in [-0.39, 0.29) is 11.9 Å². The van der Waals surface area contributed by atoms with E-state index in [1.54, 1.807) is 20.1 Å². The number of unbranched alkanes of at least 4 members (excludes halogenated alkanes) is 1. The van der Waals surface area contributed by atoms with Crippen LogP contribution in [0.5, 0.6) is 0 Å². The van der Waals surface area contributed by atoms with Crippen molar-refractivity contribution in [1.82, 2.24) is 0 Å². The first-order valence-corrected chi connectivity index (χ1v) is 4.42. The predicted molar refractivity (Wildman–Crippen MR) is 50.1 cm³/mol. The Morgan fingerprint density at radius 2 is 2.25 bits per heavy atom. The van der Waals surface area contributed by atoms with E-state index in [9.17, 15) is 4.79 Å². The minimum atomic E-state index is 0.0774. The highest BCUT2D eigenvalue weighted by atomic mass is 16.5. The molecule has 0 fully saturated rings. The molecular formula is C10H18O2. The number of allylic oxidation sites excluding steroid dienone is 1. The second-order valence-corrected chi connectivity index (χ2v) is 2.89. The summed E-state index contributed by atoms with van der Waals surface area (Å²) in [6.07, 6.45) is 6.81. The third-order valence-corrected chi connectivity index (χ3v) is 1.69. The van der Waals surface area contributed by atoms with Gasteiger partial charge >= 0.3 is 0 Å². The average Bonchev–Trinajstić information content (AvgIpc) is 2.05. The predicted octanol–water partition coefficient (Wildman–Crippen LogP) is 2.34. The fourth-order valence-corrected chi connectivity index (χ4v) is 0.941. The SMILES string of the molecule is CCCCC(/C=C/C(C)=O)OC. The van der Waals surface area contributed by atoms with Gasteiger partial charge in [-0.25, -0.2) is 0 Å². The number of carbonyl (C=O) groups excluding carboxylic acids is 1. The van der Waals surface area contributed by atoms with Crippen LogP contribution >= 0.6 is 0 Å². The number of rotatable bonds is 6. The van der Waals surface area contributed by atoms with Crippen LogP contribution in [0.15, 0.2) is 12.2 Å². The molecule has 0 bridgehead atoms. The topological polar surface area (TPSA) is 26.3 Å². The molecule has 2 nitrogen and oxygen atoms in total. The van der Waals surface area contributed by atoms with Gasteiger partial charge in [0.2, 0.25) is 0 Å². The second kappa shape index (κ2) is 7.04. The molecule has 0 aliphatic heterocycles. The molecule has 0 rings (SSSR count). The maximum Gasteiger partial charge on any atom is 0.152 e. The molecule has 0 aromatic heterocycles. The van der Waals surface area contributed by atoms with E-state index >= 15 is 0 Å². The summed E-state index contributed by atoms with van der Waals surface area (Å²) in [4.78, 5) is 10.6. The fourth-order valence-electron chi connectivity index (χ4n) is 0.941. The van der Waals surface area contributed by atoms with Gasteiger partial charge in [-0.2, -0.15) is 0 Å². The fraction of sp³-hybridized carbons (Fsp3) is 0.700. The highest BCUT2D eigenvalue weighted by Crippen LogP contribution is 2.04. The van der Waals surface area contributed by atoms with Crippen molar-refractivity contribution in [2.45, 2.75) is 39.2 Å². The lowest BCUT2D eigenvalue weighted by Crippen LogP contribution is -2.06. The van der Waals surface area contributed by atoms with Crippen LogP contribution in [-0.4, -0.2) is 19.0 Å². The van der Waals surface area contributed by atoms with Gasteiger partial charge in [-0.15, -0.1) is 0 Å². The Morgan fingerprint density at radius 1 is 1.58 bits per heavy atom. The molecule has 0 heterocycles. The van der Waals surface area contributed by atoms with Gasteiger partial charge in [0.05, 0.1) is 6.10 Å². The molecule has 0 saturated heterocycles. The highest BCUT2D eigenvalue weighted by molar-refractivity contribution is 5.87. The minimum Gasteiger partial charge on any atom is -0.377 e. The van der Waals surface area contributed by atoms with Crippen LogP contribution in [0.1, 0.15) is 33.1 Å². The number of hydrogen-bond acceptors (Lipinski definition) is 2. The van der Waals surface area contributed by atoms with Crippen LogP contribution in [0.2, 0.25) is 0 Å². The molecular weight excluding hydrogens is 152 g/mol. The average molecular weight is 170 g/mol. The summed E-state index contributed by atoms with van der Waals surface area (Å²) in [6, 6.07) is 0. The maximum atomic E-state index is 10.6. The molecule has 0 spiro atoms. The molecule has 0 saturated carbocycles. The summed E-state index contributed by atoms with van der Waals surface area (Å²) < 4.78 is 5.16. The van der Waals surface area contributed by atoms with E-state index in [0.29, 0.717) is 0 Å². The van der Waals surface area contributed by atoms with Gasteiger partial charge < -0.3 is 4.74 Å². The van der Waals surface area contributed by atoms with Crippen molar-refractivity contribution in [3.05, 3.63) is 12.2 Å². The lowest BCUT2D eigenvalue weighted by molar-refractivity contribution is -0.112. The summed E-state index contributed by atoms with van der Waals surface area (Å²) in [5.41, 5.74) is 0. The first-order valence-electron chi connectivity index (χ1n) is 4.42. The number of ether oxygens (including phenoxy) is 1. The number of hydrogen-bond donors (Lipinski definition) is 0. The number of methoxy groups -OCH3 is 1. The molecule has 0 aliphatic carbocycles. The maximum absolute atomic E-state index is 10.6. The lowest BCUT2D eigenvalue weighted by Gasteiger charge is -2.08. The Balaban J connectivity index is 3.73. The molecule has 2 heteroatoms. The molecule has 0 amide bonds. The van der Waals surface area contributed by atoms with Gasteiger partial charge in [0, 0.05) is 7.11 Å². The Morgan fingerprint density at radius 3 is 2.67 bits per heavy atom. The van der Waals surface area contributed by atoms with Crippen molar-refractivity contribution in [3.63, 3.8) is 0 Å². The highest BCUT2D eigenvalue weighted by Gasteiger charge is 2.00. The zero-order valence-electron chi connectivity index (χ0n) is 8.17. The quantitative estimate of drug-likeness (QED) is 0.572. The van der Waals surface area contributed by atoms with Crippen LogP contribution in [0.4, 0.5) is 0 Å². The lowest BCUT2D eigenvalue weighted by atomic mass is 10.1. The van der Waals surface area contributed by atoms with Crippen molar-refractivity contribution < 1.29 is 9.53 Å². The van der Waals surface area contributed by atoms with Gasteiger partial charge in [0.1, 0.15) is 0 Å².